The molecular formula is C19H15Cl2N2Zr-. The van der Waals surface area contributed by atoms with Crippen LogP contribution >= 0.6 is 17.0 Å². The maximum atomic E-state index is 4.93. The molecule has 0 atom stereocenters. The van der Waals surface area contributed by atoms with Gasteiger partial charge in [-0.05, 0) is 11.6 Å². The third-order valence-corrected chi connectivity index (χ3v) is 3.84. The second-order valence-electron chi connectivity index (χ2n) is 5.44. The molecule has 0 aliphatic heterocycles. The molecule has 0 saturated heterocycles. The van der Waals surface area contributed by atoms with Crippen molar-refractivity contribution in [2.45, 2.75) is 6.92 Å². The Balaban J connectivity index is 0.000000526. The summed E-state index contributed by atoms with van der Waals surface area (Å²) in [5.41, 5.74) is 4.94. The number of hydrogen-bond donors (Lipinski definition) is 0. The van der Waals surface area contributed by atoms with Crippen LogP contribution < -0.4 is 0 Å². The Morgan fingerprint density at radius 2 is 1.79 bits per heavy atom. The van der Waals surface area contributed by atoms with Crippen LogP contribution in [0.2, 0.25) is 0 Å². The van der Waals surface area contributed by atoms with Gasteiger partial charge in [-0.15, -0.1) is 28.5 Å². The molecule has 0 aliphatic rings. The molecule has 0 saturated carbocycles. The molecule has 0 unspecified atom stereocenters. The number of hydrogen-bond acceptors (Lipinski definition) is 1. The Bertz CT molecular complexity index is 915. The summed E-state index contributed by atoms with van der Waals surface area (Å²) < 4.78 is 2.08. The standard InChI is InChI=1S/C19H15N2.2ClH.Zr/c1-14-9-17-11-16(15-5-3-2-4-6-15)12-19(18(17)10-14)21-8-7-20-13-21;;;/h2-13H,1H3;2*1H;/q-1;;;+2/p-2. The Morgan fingerprint density at radius 1 is 1.04 bits per heavy atom. The van der Waals surface area contributed by atoms with Crippen LogP contribution in [0.4, 0.5) is 0 Å². The van der Waals surface area contributed by atoms with Crippen LogP contribution in [0, 0.1) is 6.92 Å². The fourth-order valence-electron chi connectivity index (χ4n) is 2.86. The molecule has 0 bridgehead atoms. The van der Waals surface area contributed by atoms with E-state index in [1.54, 1.807) is 0 Å². The maximum absolute atomic E-state index is 4.93. The minimum atomic E-state index is -0.826. The first-order valence-corrected chi connectivity index (χ1v) is 13.8. The van der Waals surface area contributed by atoms with Gasteiger partial charge in [-0.25, -0.2) is 4.98 Å². The van der Waals surface area contributed by atoms with Crippen molar-refractivity contribution in [1.82, 2.24) is 9.55 Å². The molecule has 3 aromatic carbocycles. The Morgan fingerprint density at radius 3 is 2.46 bits per heavy atom. The molecule has 0 amide bonds. The van der Waals surface area contributed by atoms with Crippen molar-refractivity contribution in [2.75, 3.05) is 0 Å². The van der Waals surface area contributed by atoms with E-state index in [2.05, 4.69) is 65.0 Å². The van der Waals surface area contributed by atoms with Crippen LogP contribution in [-0.4, -0.2) is 9.55 Å². The van der Waals surface area contributed by atoms with Crippen LogP contribution in [-0.2, 0) is 20.8 Å². The molecule has 0 spiro atoms. The first kappa shape index (κ1) is 17.5. The second-order valence-corrected chi connectivity index (χ2v) is 9.17. The van der Waals surface area contributed by atoms with Crippen LogP contribution in [0.15, 0.2) is 73.3 Å². The van der Waals surface area contributed by atoms with Gasteiger partial charge in [-0.1, -0.05) is 42.8 Å². The summed E-state index contributed by atoms with van der Waals surface area (Å²) >= 11 is -0.826. The number of halogens is 2. The minimum absolute atomic E-state index is 0.826. The Labute approximate surface area is 160 Å². The molecule has 24 heavy (non-hydrogen) atoms. The van der Waals surface area contributed by atoms with E-state index in [0.717, 1.165) is 0 Å². The molecule has 4 rings (SSSR count). The molecule has 0 aliphatic carbocycles. The quantitative estimate of drug-likeness (QED) is 0.350. The van der Waals surface area contributed by atoms with Gasteiger partial charge < -0.3 is 4.57 Å². The zero-order valence-electron chi connectivity index (χ0n) is 13.1. The zero-order chi connectivity index (χ0) is 16.9. The van der Waals surface area contributed by atoms with Crippen molar-refractivity contribution in [2.24, 2.45) is 0 Å². The van der Waals surface area contributed by atoms with E-state index in [1.165, 1.54) is 33.2 Å². The second kappa shape index (κ2) is 8.20. The first-order chi connectivity index (χ1) is 11.7. The fourth-order valence-corrected chi connectivity index (χ4v) is 2.86. The molecule has 1 heterocycles. The van der Waals surface area contributed by atoms with Crippen LogP contribution in [0.25, 0.3) is 27.6 Å². The molecular weight excluding hydrogens is 418 g/mol. The van der Waals surface area contributed by atoms with Crippen molar-refractivity contribution in [3.05, 3.63) is 78.9 Å². The first-order valence-electron chi connectivity index (χ1n) is 7.44. The van der Waals surface area contributed by atoms with Gasteiger partial charge in [0, 0.05) is 18.1 Å². The average molecular weight is 433 g/mol. The molecule has 4 aromatic rings. The molecule has 5 heteroatoms. The van der Waals surface area contributed by atoms with Crippen molar-refractivity contribution < 1.29 is 20.8 Å². The summed E-state index contributed by atoms with van der Waals surface area (Å²) in [4.78, 5) is 4.18. The molecule has 0 N–H and O–H groups in total. The van der Waals surface area contributed by atoms with E-state index >= 15 is 0 Å². The molecule has 2 nitrogen and oxygen atoms in total. The zero-order valence-corrected chi connectivity index (χ0v) is 17.0. The average Bonchev–Trinajstić information content (AvgIpc) is 3.24. The predicted molar refractivity (Wildman–Crippen MR) is 98.5 cm³/mol. The van der Waals surface area contributed by atoms with E-state index < -0.39 is 20.8 Å². The number of rotatable bonds is 2. The summed E-state index contributed by atoms with van der Waals surface area (Å²) in [6.45, 7) is 2.14. The third-order valence-electron chi connectivity index (χ3n) is 3.84. The monoisotopic (exact) mass is 431 g/mol. The van der Waals surface area contributed by atoms with E-state index in [-0.39, 0.29) is 0 Å². The molecule has 1 aromatic heterocycles. The number of benzene rings is 2. The van der Waals surface area contributed by atoms with Crippen molar-refractivity contribution in [1.29, 1.82) is 0 Å². The van der Waals surface area contributed by atoms with Crippen LogP contribution in [0.3, 0.4) is 0 Å². The van der Waals surface area contributed by atoms with Crippen LogP contribution in [0.1, 0.15) is 5.56 Å². The number of aromatic nitrogens is 2. The van der Waals surface area contributed by atoms with Gasteiger partial charge in [0.1, 0.15) is 0 Å². The number of imidazole rings is 1. The topological polar surface area (TPSA) is 17.8 Å². The van der Waals surface area contributed by atoms with Crippen molar-refractivity contribution >= 4 is 27.8 Å². The van der Waals surface area contributed by atoms with Gasteiger partial charge in [0.15, 0.2) is 0 Å². The Kier molecular flexibility index (Phi) is 6.00. The van der Waals surface area contributed by atoms with Gasteiger partial charge in [-0.3, -0.25) is 0 Å². The van der Waals surface area contributed by atoms with E-state index in [1.807, 2.05) is 24.8 Å². The molecule has 0 fully saturated rings. The Hall–Kier alpha value is -1.28. The van der Waals surface area contributed by atoms with Gasteiger partial charge in [0.25, 0.3) is 0 Å². The number of aryl methyl sites for hydroxylation is 1. The van der Waals surface area contributed by atoms with Gasteiger partial charge >= 0.3 is 37.9 Å². The number of nitrogens with zero attached hydrogens (tertiary/aromatic N) is 2. The van der Waals surface area contributed by atoms with Crippen molar-refractivity contribution in [3.8, 4) is 16.8 Å². The van der Waals surface area contributed by atoms with E-state index in [4.69, 9.17) is 17.0 Å². The summed E-state index contributed by atoms with van der Waals surface area (Å²) in [5.74, 6) is 0. The SMILES string of the molecule is Cc1cc2c(-n3ccnc3)cc(-c3ccccc3)cc2[cH-]1.[Cl][Zr][Cl]. The molecule has 0 radical (unpaired) electrons. The summed E-state index contributed by atoms with van der Waals surface area (Å²) in [5, 5.41) is 2.54. The summed E-state index contributed by atoms with van der Waals surface area (Å²) in [6.07, 6.45) is 5.66. The third kappa shape index (κ3) is 3.86. The normalized spacial score (nSPS) is 10.3. The molecule has 120 valence electrons. The van der Waals surface area contributed by atoms with Crippen molar-refractivity contribution in [3.63, 3.8) is 0 Å². The van der Waals surface area contributed by atoms with E-state index in [0.29, 0.717) is 0 Å². The predicted octanol–water partition coefficient (Wildman–Crippen LogP) is 6.10. The van der Waals surface area contributed by atoms with Crippen LogP contribution in [0.5, 0.6) is 0 Å². The fraction of sp³-hybridized carbons (Fsp3) is 0.0526. The summed E-state index contributed by atoms with van der Waals surface area (Å²) in [7, 11) is 9.87. The number of fused-ring (bicyclic) bond motifs is 1. The van der Waals surface area contributed by atoms with Gasteiger partial charge in [-0.2, -0.15) is 6.07 Å². The summed E-state index contributed by atoms with van der Waals surface area (Å²) in [6, 6.07) is 19.5. The van der Waals surface area contributed by atoms with Gasteiger partial charge in [0.05, 0.1) is 6.33 Å². The van der Waals surface area contributed by atoms with Gasteiger partial charge in [0.2, 0.25) is 0 Å². The van der Waals surface area contributed by atoms with E-state index in [9.17, 15) is 0 Å².